The number of rotatable bonds is 5. The van der Waals surface area contributed by atoms with E-state index in [1.807, 2.05) is 0 Å². The first-order valence-corrected chi connectivity index (χ1v) is 18.6. The van der Waals surface area contributed by atoms with Gasteiger partial charge in [0.25, 0.3) is 0 Å². The Labute approximate surface area is 313 Å². The second-order valence-electron chi connectivity index (χ2n) is 14.2. The first kappa shape index (κ1) is 30.5. The summed E-state index contributed by atoms with van der Waals surface area (Å²) < 4.78 is 4.83. The van der Waals surface area contributed by atoms with E-state index in [9.17, 15) is 0 Å². The summed E-state index contributed by atoms with van der Waals surface area (Å²) in [5.41, 5.74) is 14.4. The fourth-order valence-corrected chi connectivity index (χ4v) is 8.48. The highest BCUT2D eigenvalue weighted by Crippen LogP contribution is 2.38. The van der Waals surface area contributed by atoms with Crippen molar-refractivity contribution in [2.75, 3.05) is 0 Å². The van der Waals surface area contributed by atoms with Crippen LogP contribution in [0.4, 0.5) is 0 Å². The zero-order valence-corrected chi connectivity index (χ0v) is 29.5. The van der Waals surface area contributed by atoms with E-state index in [1.54, 1.807) is 0 Å². The van der Waals surface area contributed by atoms with Gasteiger partial charge in [-0.1, -0.05) is 158 Å². The molecule has 0 unspecified atom stereocenters. The van der Waals surface area contributed by atoms with Gasteiger partial charge in [-0.05, 0) is 92.7 Å². The predicted octanol–water partition coefficient (Wildman–Crippen LogP) is 14.0. The first-order valence-electron chi connectivity index (χ1n) is 18.6. The Morgan fingerprint density at radius 3 is 1.30 bits per heavy atom. The van der Waals surface area contributed by atoms with Crippen molar-refractivity contribution in [3.8, 4) is 44.8 Å². The molecular formula is C52H34N2. The predicted molar refractivity (Wildman–Crippen MR) is 229 cm³/mol. The Morgan fingerprint density at radius 1 is 0.222 bits per heavy atom. The molecule has 11 rings (SSSR count). The van der Waals surface area contributed by atoms with Crippen LogP contribution in [-0.4, -0.2) is 9.13 Å². The summed E-state index contributed by atoms with van der Waals surface area (Å²) in [5, 5.41) is 7.54. The lowest BCUT2D eigenvalue weighted by Gasteiger charge is -2.12. The van der Waals surface area contributed by atoms with Gasteiger partial charge in [-0.2, -0.15) is 0 Å². The minimum Gasteiger partial charge on any atom is -0.309 e. The van der Waals surface area contributed by atoms with Gasteiger partial charge in [0.15, 0.2) is 0 Å². The molecule has 0 fully saturated rings. The van der Waals surface area contributed by atoms with Crippen molar-refractivity contribution in [2.45, 2.75) is 0 Å². The molecule has 0 aliphatic heterocycles. The van der Waals surface area contributed by atoms with Crippen molar-refractivity contribution >= 4 is 54.4 Å². The van der Waals surface area contributed by atoms with Crippen molar-refractivity contribution in [2.24, 2.45) is 0 Å². The normalized spacial score (nSPS) is 11.7. The minimum atomic E-state index is 1.16. The van der Waals surface area contributed by atoms with Crippen molar-refractivity contribution in [1.29, 1.82) is 0 Å². The van der Waals surface area contributed by atoms with Crippen LogP contribution in [0.15, 0.2) is 206 Å². The van der Waals surface area contributed by atoms with Crippen molar-refractivity contribution < 1.29 is 0 Å². The number of nitrogens with zero attached hydrogens (tertiary/aromatic N) is 2. The van der Waals surface area contributed by atoms with Gasteiger partial charge >= 0.3 is 0 Å². The molecule has 2 heteroatoms. The highest BCUT2D eigenvalue weighted by Gasteiger charge is 2.16. The summed E-state index contributed by atoms with van der Waals surface area (Å²) in [4.78, 5) is 0. The third-order valence-electron chi connectivity index (χ3n) is 11.1. The van der Waals surface area contributed by atoms with E-state index in [0.29, 0.717) is 0 Å². The zero-order valence-electron chi connectivity index (χ0n) is 29.5. The first-order chi connectivity index (χ1) is 26.8. The maximum Gasteiger partial charge on any atom is 0.0547 e. The second kappa shape index (κ2) is 12.2. The third kappa shape index (κ3) is 4.88. The van der Waals surface area contributed by atoms with E-state index >= 15 is 0 Å². The van der Waals surface area contributed by atoms with Crippen LogP contribution < -0.4 is 0 Å². The fourth-order valence-electron chi connectivity index (χ4n) is 8.48. The molecule has 2 aromatic heterocycles. The number of aromatic nitrogens is 2. The van der Waals surface area contributed by atoms with E-state index in [1.165, 1.54) is 93.5 Å². The molecule has 9 aromatic carbocycles. The fraction of sp³-hybridized carbons (Fsp3) is 0. The maximum atomic E-state index is 2.42. The monoisotopic (exact) mass is 686 g/mol. The van der Waals surface area contributed by atoms with Crippen LogP contribution in [0.5, 0.6) is 0 Å². The largest absolute Gasteiger partial charge is 0.309 e. The average molecular weight is 687 g/mol. The van der Waals surface area contributed by atoms with Crippen molar-refractivity contribution in [3.63, 3.8) is 0 Å². The number of para-hydroxylation sites is 2. The van der Waals surface area contributed by atoms with Crippen LogP contribution in [0.25, 0.3) is 99.1 Å². The molecular weight excluding hydrogens is 653 g/mol. The minimum absolute atomic E-state index is 1.16. The van der Waals surface area contributed by atoms with Crippen LogP contribution in [0.3, 0.4) is 0 Å². The molecule has 0 radical (unpaired) electrons. The Morgan fingerprint density at radius 2 is 0.667 bits per heavy atom. The summed E-state index contributed by atoms with van der Waals surface area (Å²) >= 11 is 0. The quantitative estimate of drug-likeness (QED) is 0.171. The molecule has 11 aromatic rings. The van der Waals surface area contributed by atoms with Crippen LogP contribution in [-0.2, 0) is 0 Å². The summed E-state index contributed by atoms with van der Waals surface area (Å²) in [6.45, 7) is 0. The van der Waals surface area contributed by atoms with E-state index < -0.39 is 0 Å². The van der Waals surface area contributed by atoms with Gasteiger partial charge < -0.3 is 9.13 Å². The van der Waals surface area contributed by atoms with E-state index in [0.717, 1.165) is 5.69 Å². The molecule has 0 aliphatic carbocycles. The molecule has 0 atom stereocenters. The SMILES string of the molecule is c1ccc(-c2cccc(-n3c4ccccc4c4ccc(-c5ccc(-c6ccc7c8ccccc8n(-c8ccc9ccccc9c8)c7c6)cc5)cc43)c2)cc1. The van der Waals surface area contributed by atoms with E-state index in [2.05, 4.69) is 215 Å². The van der Waals surface area contributed by atoms with Gasteiger partial charge in [-0.15, -0.1) is 0 Å². The van der Waals surface area contributed by atoms with E-state index in [-0.39, 0.29) is 0 Å². The molecule has 2 nitrogen and oxygen atoms in total. The summed E-state index contributed by atoms with van der Waals surface area (Å²) in [6.07, 6.45) is 0. The van der Waals surface area contributed by atoms with Gasteiger partial charge in [-0.3, -0.25) is 0 Å². The lowest BCUT2D eigenvalue weighted by atomic mass is 9.98. The zero-order chi connectivity index (χ0) is 35.6. The lowest BCUT2D eigenvalue weighted by molar-refractivity contribution is 1.18. The molecule has 0 amide bonds. The summed E-state index contributed by atoms with van der Waals surface area (Å²) in [7, 11) is 0. The number of benzene rings is 9. The smallest absolute Gasteiger partial charge is 0.0547 e. The average Bonchev–Trinajstić information content (AvgIpc) is 3.76. The molecule has 2 heterocycles. The third-order valence-corrected chi connectivity index (χ3v) is 11.1. The molecule has 0 N–H and O–H groups in total. The van der Waals surface area contributed by atoms with Crippen LogP contribution in [0, 0.1) is 0 Å². The Kier molecular flexibility index (Phi) is 6.90. The van der Waals surface area contributed by atoms with Gasteiger partial charge in [-0.25, -0.2) is 0 Å². The number of hydrogen-bond acceptors (Lipinski definition) is 0. The lowest BCUT2D eigenvalue weighted by Crippen LogP contribution is -1.94. The Balaban J connectivity index is 1.00. The molecule has 0 spiro atoms. The van der Waals surface area contributed by atoms with Gasteiger partial charge in [0.2, 0.25) is 0 Å². The number of fused-ring (bicyclic) bond motifs is 7. The van der Waals surface area contributed by atoms with Crippen LogP contribution in [0.2, 0.25) is 0 Å². The van der Waals surface area contributed by atoms with E-state index in [4.69, 9.17) is 0 Å². The van der Waals surface area contributed by atoms with Crippen molar-refractivity contribution in [1.82, 2.24) is 9.13 Å². The molecule has 0 bridgehead atoms. The summed E-state index contributed by atoms with van der Waals surface area (Å²) in [6, 6.07) is 75.2. The number of hydrogen-bond donors (Lipinski definition) is 0. The van der Waals surface area contributed by atoms with Crippen LogP contribution >= 0.6 is 0 Å². The Hall–Kier alpha value is -7.16. The maximum absolute atomic E-state index is 2.42. The molecule has 0 saturated carbocycles. The van der Waals surface area contributed by atoms with Crippen LogP contribution in [0.1, 0.15) is 0 Å². The van der Waals surface area contributed by atoms with Crippen molar-refractivity contribution in [3.05, 3.63) is 206 Å². The highest BCUT2D eigenvalue weighted by molar-refractivity contribution is 6.11. The highest BCUT2D eigenvalue weighted by atomic mass is 15.0. The standard InChI is InChI=1S/C52H34N2/c1-2-11-35(12-3-1)40-15-10-16-43(31-40)53-49-19-8-6-17-45(49)47-29-26-41(33-51(47)53)37-21-23-38(24-22-37)42-27-30-48-46-18-7-9-20-50(46)54(52(48)34-42)44-28-25-36-13-4-5-14-39(36)32-44/h1-34H. The molecule has 0 aliphatic rings. The summed E-state index contributed by atoms with van der Waals surface area (Å²) in [5.74, 6) is 0. The molecule has 54 heavy (non-hydrogen) atoms. The topological polar surface area (TPSA) is 9.86 Å². The van der Waals surface area contributed by atoms with Gasteiger partial charge in [0.05, 0.1) is 22.1 Å². The second-order valence-corrected chi connectivity index (χ2v) is 14.2. The van der Waals surface area contributed by atoms with Gasteiger partial charge in [0, 0.05) is 32.9 Å². The molecule has 252 valence electrons. The Bertz CT molecular complexity index is 3200. The van der Waals surface area contributed by atoms with Gasteiger partial charge in [0.1, 0.15) is 0 Å². The molecule has 0 saturated heterocycles.